The molecular weight excluding hydrogens is 466 g/mol. The second kappa shape index (κ2) is 9.37. The number of benzene rings is 1. The van der Waals surface area contributed by atoms with E-state index in [1.807, 2.05) is 6.92 Å². The monoisotopic (exact) mass is 493 g/mol. The first kappa shape index (κ1) is 25.7. The van der Waals surface area contributed by atoms with E-state index in [0.717, 1.165) is 16.4 Å². The summed E-state index contributed by atoms with van der Waals surface area (Å²) < 4.78 is 93.7. The van der Waals surface area contributed by atoms with Gasteiger partial charge in [-0.05, 0) is 25.1 Å². The van der Waals surface area contributed by atoms with Gasteiger partial charge in [-0.1, -0.05) is 0 Å². The fourth-order valence-corrected chi connectivity index (χ4v) is 5.75. The normalized spacial score (nSPS) is 24.5. The Bertz CT molecular complexity index is 1000. The molecule has 3 rings (SSSR count). The van der Waals surface area contributed by atoms with E-state index in [4.69, 9.17) is 14.7 Å². The molecular formula is C21H27F4N3O4S. The first-order chi connectivity index (χ1) is 15.3. The number of methoxy groups -OCH3 is 1. The molecule has 0 aliphatic carbocycles. The number of rotatable bonds is 6. The van der Waals surface area contributed by atoms with Gasteiger partial charge in [0.15, 0.2) is 5.67 Å². The molecule has 0 spiro atoms. The van der Waals surface area contributed by atoms with Crippen LogP contribution in [-0.4, -0.2) is 70.5 Å². The summed E-state index contributed by atoms with van der Waals surface area (Å²) in [5.41, 5.74) is -3.83. The second-order valence-corrected chi connectivity index (χ2v) is 10.5. The summed E-state index contributed by atoms with van der Waals surface area (Å²) in [5, 5.41) is 8.88. The van der Waals surface area contributed by atoms with Gasteiger partial charge < -0.3 is 14.4 Å². The number of morpholine rings is 1. The Balaban J connectivity index is 1.91. The number of hydrogen-bond donors (Lipinski definition) is 0. The first-order valence-corrected chi connectivity index (χ1v) is 12.0. The van der Waals surface area contributed by atoms with Crippen LogP contribution in [0.3, 0.4) is 0 Å². The van der Waals surface area contributed by atoms with Crippen LogP contribution in [0.2, 0.25) is 0 Å². The quantitative estimate of drug-likeness (QED) is 0.566. The van der Waals surface area contributed by atoms with Crippen LogP contribution in [0.5, 0.6) is 0 Å². The molecule has 0 saturated carbocycles. The van der Waals surface area contributed by atoms with Crippen LogP contribution >= 0.6 is 0 Å². The van der Waals surface area contributed by atoms with Crippen LogP contribution in [0.25, 0.3) is 0 Å². The summed E-state index contributed by atoms with van der Waals surface area (Å²) in [4.78, 5) is 0.855. The third-order valence-corrected chi connectivity index (χ3v) is 8.10. The van der Waals surface area contributed by atoms with Gasteiger partial charge in [-0.2, -0.15) is 22.7 Å². The van der Waals surface area contributed by atoms with Crippen molar-refractivity contribution >= 4 is 15.7 Å². The predicted molar refractivity (Wildman–Crippen MR) is 112 cm³/mol. The number of piperidine rings is 1. The molecule has 0 aromatic heterocycles. The van der Waals surface area contributed by atoms with Gasteiger partial charge in [-0.15, -0.1) is 0 Å². The Morgan fingerprint density at radius 3 is 2.48 bits per heavy atom. The van der Waals surface area contributed by atoms with Crippen molar-refractivity contribution in [2.75, 3.05) is 51.4 Å². The van der Waals surface area contributed by atoms with E-state index in [-0.39, 0.29) is 18.8 Å². The van der Waals surface area contributed by atoms with Gasteiger partial charge in [0.05, 0.1) is 22.7 Å². The van der Waals surface area contributed by atoms with Gasteiger partial charge >= 0.3 is 6.18 Å². The molecule has 1 aromatic carbocycles. The number of hydrogen-bond acceptors (Lipinski definition) is 6. The van der Waals surface area contributed by atoms with E-state index in [2.05, 4.69) is 0 Å². The molecule has 1 aromatic rings. The molecule has 2 fully saturated rings. The van der Waals surface area contributed by atoms with Crippen molar-refractivity contribution < 1.29 is 35.5 Å². The lowest BCUT2D eigenvalue weighted by Gasteiger charge is -2.42. The van der Waals surface area contributed by atoms with E-state index in [0.29, 0.717) is 32.7 Å². The van der Waals surface area contributed by atoms with Gasteiger partial charge in [0.2, 0.25) is 10.0 Å². The highest BCUT2D eigenvalue weighted by Gasteiger charge is 2.43. The third-order valence-electron chi connectivity index (χ3n) is 6.14. The SMILES string of the molecule is COCCC1(C)CN(c2ccc(S(=O)(=O)N3CCC(F)(C#N)CC3)c(C(F)(F)F)c2)CCO1. The minimum absolute atomic E-state index is 0.235. The summed E-state index contributed by atoms with van der Waals surface area (Å²) in [6.07, 6.45) is -5.16. The minimum Gasteiger partial charge on any atom is -0.385 e. The fraction of sp³-hybridized carbons (Fsp3) is 0.667. The van der Waals surface area contributed by atoms with E-state index in [9.17, 15) is 26.0 Å². The number of nitriles is 1. The number of alkyl halides is 4. The van der Waals surface area contributed by atoms with Gasteiger partial charge in [0.1, 0.15) is 6.07 Å². The zero-order chi connectivity index (χ0) is 24.5. The molecule has 2 aliphatic rings. The molecule has 184 valence electrons. The number of sulfonamides is 1. The average molecular weight is 494 g/mol. The van der Waals surface area contributed by atoms with Crippen LogP contribution in [0, 0.1) is 11.3 Å². The molecule has 7 nitrogen and oxygen atoms in total. The molecule has 0 radical (unpaired) electrons. The summed E-state index contributed by atoms with van der Waals surface area (Å²) in [7, 11) is -2.99. The number of ether oxygens (including phenoxy) is 2. The smallest absolute Gasteiger partial charge is 0.385 e. The standard InChI is InChI=1S/C21H27F4N3O4S/c1-19(7-11-31-2)15-27(10-12-32-19)16-3-4-18(17(13-16)21(23,24)25)33(29,30)28-8-5-20(22,14-26)6-9-28/h3-4,13H,5-12,15H2,1-2H3. The highest BCUT2D eigenvalue weighted by atomic mass is 32.2. The van der Waals surface area contributed by atoms with Crippen LogP contribution in [0.1, 0.15) is 31.7 Å². The molecule has 1 atom stereocenters. The summed E-state index contributed by atoms with van der Waals surface area (Å²) in [5.74, 6) is 0. The van der Waals surface area contributed by atoms with Crippen molar-refractivity contribution in [3.63, 3.8) is 0 Å². The van der Waals surface area contributed by atoms with Gasteiger partial charge in [0, 0.05) is 64.8 Å². The van der Waals surface area contributed by atoms with Crippen LogP contribution in [-0.2, 0) is 25.7 Å². The lowest BCUT2D eigenvalue weighted by atomic mass is 9.96. The number of anilines is 1. The maximum absolute atomic E-state index is 14.1. The third kappa shape index (κ3) is 5.59. The topological polar surface area (TPSA) is 82.9 Å². The molecule has 0 amide bonds. The lowest BCUT2D eigenvalue weighted by Crippen LogP contribution is -2.50. The number of halogens is 4. The van der Waals surface area contributed by atoms with Crippen molar-refractivity contribution in [1.29, 1.82) is 5.26 Å². The van der Waals surface area contributed by atoms with Crippen LogP contribution < -0.4 is 4.90 Å². The van der Waals surface area contributed by atoms with E-state index in [1.54, 1.807) is 12.0 Å². The molecule has 1 unspecified atom stereocenters. The number of nitrogens with zero attached hydrogens (tertiary/aromatic N) is 3. The molecule has 2 saturated heterocycles. The van der Waals surface area contributed by atoms with E-state index >= 15 is 0 Å². The highest BCUT2D eigenvalue weighted by molar-refractivity contribution is 7.89. The highest BCUT2D eigenvalue weighted by Crippen LogP contribution is 2.39. The Morgan fingerprint density at radius 2 is 1.91 bits per heavy atom. The first-order valence-electron chi connectivity index (χ1n) is 10.5. The summed E-state index contributed by atoms with van der Waals surface area (Å²) >= 11 is 0. The van der Waals surface area contributed by atoms with Crippen LogP contribution in [0.4, 0.5) is 23.2 Å². The minimum atomic E-state index is -4.92. The van der Waals surface area contributed by atoms with Crippen molar-refractivity contribution in [1.82, 2.24) is 4.31 Å². The van der Waals surface area contributed by atoms with E-state index < -0.39 is 50.8 Å². The molecule has 2 heterocycles. The van der Waals surface area contributed by atoms with Gasteiger partial charge in [-0.3, -0.25) is 0 Å². The van der Waals surface area contributed by atoms with Crippen molar-refractivity contribution in [3.8, 4) is 6.07 Å². The van der Waals surface area contributed by atoms with Gasteiger partial charge in [-0.25, -0.2) is 12.8 Å². The Kier molecular flexibility index (Phi) is 7.29. The summed E-state index contributed by atoms with van der Waals surface area (Å²) in [6.45, 7) is 2.52. The Morgan fingerprint density at radius 1 is 1.24 bits per heavy atom. The van der Waals surface area contributed by atoms with Crippen molar-refractivity contribution in [2.45, 2.75) is 48.5 Å². The summed E-state index contributed by atoms with van der Waals surface area (Å²) in [6, 6.07) is 4.65. The van der Waals surface area contributed by atoms with Crippen molar-refractivity contribution in [2.24, 2.45) is 0 Å². The molecule has 2 aliphatic heterocycles. The van der Waals surface area contributed by atoms with Crippen LogP contribution in [0.15, 0.2) is 23.1 Å². The Labute approximate surface area is 190 Å². The second-order valence-electron chi connectivity index (χ2n) is 8.62. The average Bonchev–Trinajstić information content (AvgIpc) is 2.77. The fourth-order valence-electron chi connectivity index (χ4n) is 4.11. The van der Waals surface area contributed by atoms with Gasteiger partial charge in [0.25, 0.3) is 0 Å². The Hall–Kier alpha value is -1.94. The molecule has 33 heavy (non-hydrogen) atoms. The maximum Gasteiger partial charge on any atom is 0.417 e. The molecule has 0 N–H and O–H groups in total. The van der Waals surface area contributed by atoms with E-state index in [1.165, 1.54) is 12.1 Å². The molecule has 12 heteroatoms. The lowest BCUT2D eigenvalue weighted by molar-refractivity contribution is -0.139. The largest absolute Gasteiger partial charge is 0.417 e. The molecule has 0 bridgehead atoms. The maximum atomic E-state index is 14.1. The zero-order valence-electron chi connectivity index (χ0n) is 18.5. The predicted octanol–water partition coefficient (Wildman–Crippen LogP) is 3.35. The van der Waals surface area contributed by atoms with Crippen molar-refractivity contribution in [3.05, 3.63) is 23.8 Å². The zero-order valence-corrected chi connectivity index (χ0v) is 19.3.